The molecular weight excluding hydrogens is 170 g/mol. The van der Waals surface area contributed by atoms with Gasteiger partial charge in [0.05, 0.1) is 13.5 Å². The first-order valence-electron chi connectivity index (χ1n) is 4.09. The van der Waals surface area contributed by atoms with Gasteiger partial charge in [0.1, 0.15) is 5.78 Å². The van der Waals surface area contributed by atoms with E-state index in [0.717, 1.165) is 0 Å². The molecule has 1 unspecified atom stereocenters. The molecule has 6 nitrogen and oxygen atoms in total. The Morgan fingerprint density at radius 1 is 1.69 bits per heavy atom. The smallest absolute Gasteiger partial charge is 0.182 e. The second kappa shape index (κ2) is 4.08. The molecule has 1 aromatic heterocycles. The van der Waals surface area contributed by atoms with Gasteiger partial charge < -0.3 is 5.73 Å². The van der Waals surface area contributed by atoms with Crippen LogP contribution in [0.3, 0.4) is 0 Å². The highest BCUT2D eigenvalue weighted by atomic mass is 16.1. The van der Waals surface area contributed by atoms with Gasteiger partial charge in [-0.3, -0.25) is 4.79 Å². The average molecular weight is 183 g/mol. The van der Waals surface area contributed by atoms with Crippen LogP contribution in [0.2, 0.25) is 0 Å². The molecule has 0 aromatic carbocycles. The molecule has 0 saturated heterocycles. The summed E-state index contributed by atoms with van der Waals surface area (Å²) in [5.41, 5.74) is 5.35. The zero-order chi connectivity index (χ0) is 9.84. The molecule has 0 aliphatic rings. The standard InChI is InChI=1S/C7H13N5O/c1-5(4-8)6(13)3-7-9-11-12(2)10-7/h5H,3-4,8H2,1-2H3. The van der Waals surface area contributed by atoms with E-state index >= 15 is 0 Å². The van der Waals surface area contributed by atoms with Gasteiger partial charge in [-0.05, 0) is 5.21 Å². The summed E-state index contributed by atoms with van der Waals surface area (Å²) >= 11 is 0. The number of Topliss-reactive ketones (excluding diaryl/α,β-unsaturated/α-hetero) is 1. The summed E-state index contributed by atoms with van der Waals surface area (Å²) in [6, 6.07) is 0. The van der Waals surface area contributed by atoms with Crippen LogP contribution in [0, 0.1) is 5.92 Å². The van der Waals surface area contributed by atoms with Crippen LogP contribution in [0.15, 0.2) is 0 Å². The Hall–Kier alpha value is -1.30. The van der Waals surface area contributed by atoms with E-state index in [0.29, 0.717) is 12.4 Å². The number of carbonyl (C=O) groups is 1. The molecule has 0 spiro atoms. The van der Waals surface area contributed by atoms with Gasteiger partial charge in [-0.1, -0.05) is 6.92 Å². The maximum atomic E-state index is 11.4. The Kier molecular flexibility index (Phi) is 3.07. The normalized spacial score (nSPS) is 12.8. The molecule has 0 radical (unpaired) electrons. The summed E-state index contributed by atoms with van der Waals surface area (Å²) in [4.78, 5) is 12.7. The number of nitrogens with zero attached hydrogens (tertiary/aromatic N) is 4. The molecule has 1 atom stereocenters. The molecule has 1 rings (SSSR count). The predicted octanol–water partition coefficient (Wildman–Crippen LogP) is -1.08. The van der Waals surface area contributed by atoms with Crippen LogP contribution in [0.5, 0.6) is 0 Å². The van der Waals surface area contributed by atoms with Gasteiger partial charge >= 0.3 is 0 Å². The summed E-state index contributed by atoms with van der Waals surface area (Å²) in [6.45, 7) is 2.15. The van der Waals surface area contributed by atoms with Gasteiger partial charge in [0, 0.05) is 12.5 Å². The van der Waals surface area contributed by atoms with E-state index in [2.05, 4.69) is 15.4 Å². The summed E-state index contributed by atoms with van der Waals surface area (Å²) in [6.07, 6.45) is 0.214. The Morgan fingerprint density at radius 3 is 2.85 bits per heavy atom. The molecule has 0 saturated carbocycles. The number of ketones is 1. The predicted molar refractivity (Wildman–Crippen MR) is 45.7 cm³/mol. The third-order valence-corrected chi connectivity index (χ3v) is 1.79. The minimum absolute atomic E-state index is 0.0514. The summed E-state index contributed by atoms with van der Waals surface area (Å²) < 4.78 is 0. The Morgan fingerprint density at radius 2 is 2.38 bits per heavy atom. The number of rotatable bonds is 4. The van der Waals surface area contributed by atoms with Crippen molar-refractivity contribution >= 4 is 5.78 Å². The highest BCUT2D eigenvalue weighted by Crippen LogP contribution is 1.99. The third kappa shape index (κ3) is 2.59. The lowest BCUT2D eigenvalue weighted by atomic mass is 10.0. The molecule has 13 heavy (non-hydrogen) atoms. The fourth-order valence-electron chi connectivity index (χ4n) is 0.856. The first kappa shape index (κ1) is 9.79. The molecule has 6 heteroatoms. The average Bonchev–Trinajstić information content (AvgIpc) is 2.49. The van der Waals surface area contributed by atoms with Crippen molar-refractivity contribution in [3.63, 3.8) is 0 Å². The molecule has 1 heterocycles. The van der Waals surface area contributed by atoms with Crippen LogP contribution in [-0.4, -0.2) is 32.5 Å². The van der Waals surface area contributed by atoms with Crippen LogP contribution in [-0.2, 0) is 18.3 Å². The number of aryl methyl sites for hydroxylation is 1. The molecule has 1 aromatic rings. The van der Waals surface area contributed by atoms with Crippen LogP contribution in [0.1, 0.15) is 12.7 Å². The molecule has 0 amide bonds. The SMILES string of the molecule is CC(CN)C(=O)Cc1nnn(C)n1. The van der Waals surface area contributed by atoms with Crippen LogP contribution < -0.4 is 5.73 Å². The van der Waals surface area contributed by atoms with Crippen molar-refractivity contribution in [3.05, 3.63) is 5.82 Å². The number of aromatic nitrogens is 4. The number of carbonyl (C=O) groups excluding carboxylic acids is 1. The second-order valence-corrected chi connectivity index (χ2v) is 2.97. The maximum Gasteiger partial charge on any atom is 0.182 e. The second-order valence-electron chi connectivity index (χ2n) is 2.97. The molecule has 2 N–H and O–H groups in total. The largest absolute Gasteiger partial charge is 0.330 e. The Labute approximate surface area is 76.1 Å². The first-order chi connectivity index (χ1) is 6.13. The van der Waals surface area contributed by atoms with E-state index in [1.54, 1.807) is 14.0 Å². The van der Waals surface area contributed by atoms with Gasteiger partial charge in [0.25, 0.3) is 0 Å². The summed E-state index contributed by atoms with van der Waals surface area (Å²) in [7, 11) is 1.66. The maximum absolute atomic E-state index is 11.4. The lowest BCUT2D eigenvalue weighted by molar-refractivity contribution is -0.121. The number of nitrogens with two attached hydrogens (primary N) is 1. The van der Waals surface area contributed by atoms with Crippen molar-refractivity contribution in [1.82, 2.24) is 20.2 Å². The van der Waals surface area contributed by atoms with Gasteiger partial charge in [-0.15, -0.1) is 10.2 Å². The highest BCUT2D eigenvalue weighted by molar-refractivity contribution is 5.82. The van der Waals surface area contributed by atoms with E-state index in [1.165, 1.54) is 4.80 Å². The van der Waals surface area contributed by atoms with E-state index in [4.69, 9.17) is 5.73 Å². The third-order valence-electron chi connectivity index (χ3n) is 1.79. The van der Waals surface area contributed by atoms with Gasteiger partial charge in [0.15, 0.2) is 5.82 Å². The summed E-state index contributed by atoms with van der Waals surface area (Å²) in [5.74, 6) is 0.368. The van der Waals surface area contributed by atoms with Crippen LogP contribution in [0.4, 0.5) is 0 Å². The lowest BCUT2D eigenvalue weighted by Crippen LogP contribution is -2.22. The van der Waals surface area contributed by atoms with E-state index in [-0.39, 0.29) is 18.1 Å². The highest BCUT2D eigenvalue weighted by Gasteiger charge is 2.14. The minimum atomic E-state index is -0.135. The minimum Gasteiger partial charge on any atom is -0.330 e. The fraction of sp³-hybridized carbons (Fsp3) is 0.714. The lowest BCUT2D eigenvalue weighted by Gasteiger charge is -2.03. The van der Waals surface area contributed by atoms with E-state index < -0.39 is 0 Å². The van der Waals surface area contributed by atoms with Crippen molar-refractivity contribution in [2.45, 2.75) is 13.3 Å². The monoisotopic (exact) mass is 183 g/mol. The van der Waals surface area contributed by atoms with E-state index in [1.807, 2.05) is 0 Å². The molecule has 0 aliphatic carbocycles. The van der Waals surface area contributed by atoms with Gasteiger partial charge in [0.2, 0.25) is 0 Å². The first-order valence-corrected chi connectivity index (χ1v) is 4.09. The number of hydrogen-bond donors (Lipinski definition) is 1. The molecule has 0 aliphatic heterocycles. The van der Waals surface area contributed by atoms with Gasteiger partial charge in [-0.2, -0.15) is 4.80 Å². The quantitative estimate of drug-likeness (QED) is 0.641. The van der Waals surface area contributed by atoms with Crippen molar-refractivity contribution < 1.29 is 4.79 Å². The zero-order valence-corrected chi connectivity index (χ0v) is 7.77. The molecule has 0 fully saturated rings. The Balaban J connectivity index is 2.54. The molecule has 72 valence electrons. The fourth-order valence-corrected chi connectivity index (χ4v) is 0.856. The Bertz CT molecular complexity index is 295. The topological polar surface area (TPSA) is 86.7 Å². The van der Waals surface area contributed by atoms with Crippen molar-refractivity contribution in [2.24, 2.45) is 18.7 Å². The summed E-state index contributed by atoms with van der Waals surface area (Å²) in [5, 5.41) is 11.2. The molecule has 0 bridgehead atoms. The number of tetrazole rings is 1. The molecular formula is C7H13N5O. The van der Waals surface area contributed by atoms with Crippen LogP contribution >= 0.6 is 0 Å². The van der Waals surface area contributed by atoms with Gasteiger partial charge in [-0.25, -0.2) is 0 Å². The van der Waals surface area contributed by atoms with Crippen molar-refractivity contribution in [3.8, 4) is 0 Å². The van der Waals surface area contributed by atoms with Crippen molar-refractivity contribution in [2.75, 3.05) is 6.54 Å². The van der Waals surface area contributed by atoms with E-state index in [9.17, 15) is 4.79 Å². The zero-order valence-electron chi connectivity index (χ0n) is 7.77. The number of hydrogen-bond acceptors (Lipinski definition) is 5. The van der Waals surface area contributed by atoms with Crippen molar-refractivity contribution in [1.29, 1.82) is 0 Å². The van der Waals surface area contributed by atoms with Crippen LogP contribution in [0.25, 0.3) is 0 Å².